The second kappa shape index (κ2) is 7.06. The van der Waals surface area contributed by atoms with Crippen molar-refractivity contribution in [3.63, 3.8) is 0 Å². The number of hydrogen-bond acceptors (Lipinski definition) is 3. The molecule has 0 aliphatic carbocycles. The summed E-state index contributed by atoms with van der Waals surface area (Å²) in [5.41, 5.74) is 0.588. The number of benzene rings is 1. The third-order valence-electron chi connectivity index (χ3n) is 2.70. The average Bonchev–Trinajstić information content (AvgIpc) is 2.38. The lowest BCUT2D eigenvalue weighted by Crippen LogP contribution is -2.32. The number of amides is 1. The molecule has 0 spiro atoms. The van der Waals surface area contributed by atoms with Crippen LogP contribution < -0.4 is 5.32 Å². The number of nitrogens with one attached hydrogen (secondary N) is 1. The number of thioether (sulfide) groups is 1. The van der Waals surface area contributed by atoms with Crippen LogP contribution in [0.1, 0.15) is 23.7 Å². The number of carbonyl (C=O) groups excluding carboxylic acids is 1. The summed E-state index contributed by atoms with van der Waals surface area (Å²) in [7, 11) is 0. The number of carboxylic acids is 1. The molecule has 0 saturated heterocycles. The molecule has 0 aromatic heterocycles. The van der Waals surface area contributed by atoms with Gasteiger partial charge in [-0.25, -0.2) is 0 Å². The topological polar surface area (TPSA) is 66.4 Å². The molecule has 0 radical (unpaired) electrons. The molecule has 0 fully saturated rings. The molecule has 1 aromatic rings. The van der Waals surface area contributed by atoms with Crippen molar-refractivity contribution in [3.8, 4) is 0 Å². The molecular weight excluding hydrogens is 250 g/mol. The van der Waals surface area contributed by atoms with Gasteiger partial charge in [0.2, 0.25) is 0 Å². The summed E-state index contributed by atoms with van der Waals surface area (Å²) in [5.74, 6) is -1.63. The van der Waals surface area contributed by atoms with Crippen LogP contribution >= 0.6 is 11.8 Å². The number of carboxylic acid groups (broad SMARTS) is 1. The minimum absolute atomic E-state index is 0.160. The standard InChI is InChI=1S/C13H17NO3S/c1-3-9(13(16)17)8-14-12(15)10-6-4-5-7-11(10)18-2/h4-7,9H,3,8H2,1-2H3,(H,14,15)(H,16,17). The Hall–Kier alpha value is -1.49. The van der Waals surface area contributed by atoms with Crippen molar-refractivity contribution >= 4 is 23.6 Å². The van der Waals surface area contributed by atoms with Gasteiger partial charge in [0.25, 0.3) is 5.91 Å². The Morgan fingerprint density at radius 1 is 1.39 bits per heavy atom. The zero-order valence-electron chi connectivity index (χ0n) is 10.5. The predicted molar refractivity (Wildman–Crippen MR) is 72.0 cm³/mol. The van der Waals surface area contributed by atoms with Gasteiger partial charge >= 0.3 is 5.97 Å². The van der Waals surface area contributed by atoms with Crippen LogP contribution in [0.25, 0.3) is 0 Å². The van der Waals surface area contributed by atoms with Crippen molar-refractivity contribution in [2.24, 2.45) is 5.92 Å². The second-order valence-corrected chi connectivity index (χ2v) is 4.70. The van der Waals surface area contributed by atoms with E-state index in [1.807, 2.05) is 18.4 Å². The molecule has 0 bridgehead atoms. The third kappa shape index (κ3) is 3.77. The normalized spacial score (nSPS) is 11.9. The lowest BCUT2D eigenvalue weighted by Gasteiger charge is -2.12. The average molecular weight is 267 g/mol. The lowest BCUT2D eigenvalue weighted by molar-refractivity contribution is -0.141. The monoisotopic (exact) mass is 267 g/mol. The molecule has 18 heavy (non-hydrogen) atoms. The quantitative estimate of drug-likeness (QED) is 0.776. The second-order valence-electron chi connectivity index (χ2n) is 3.85. The highest BCUT2D eigenvalue weighted by molar-refractivity contribution is 7.98. The van der Waals surface area contributed by atoms with Gasteiger partial charge in [0.05, 0.1) is 11.5 Å². The maximum absolute atomic E-state index is 11.9. The highest BCUT2D eigenvalue weighted by Gasteiger charge is 2.17. The van der Waals surface area contributed by atoms with Crippen LogP contribution in [0.4, 0.5) is 0 Å². The fourth-order valence-electron chi connectivity index (χ4n) is 1.55. The number of aliphatic carboxylic acids is 1. The van der Waals surface area contributed by atoms with Crippen LogP contribution in [0.2, 0.25) is 0 Å². The Bertz CT molecular complexity index is 434. The molecule has 0 saturated carbocycles. The molecule has 1 rings (SSSR count). The van der Waals surface area contributed by atoms with Crippen molar-refractivity contribution < 1.29 is 14.7 Å². The van der Waals surface area contributed by atoms with Crippen LogP contribution in [0.15, 0.2) is 29.2 Å². The van der Waals surface area contributed by atoms with E-state index in [-0.39, 0.29) is 12.5 Å². The molecule has 1 atom stereocenters. The Morgan fingerprint density at radius 3 is 2.61 bits per heavy atom. The molecule has 4 nitrogen and oxygen atoms in total. The van der Waals surface area contributed by atoms with Crippen LogP contribution in [-0.4, -0.2) is 29.8 Å². The highest BCUT2D eigenvalue weighted by atomic mass is 32.2. The largest absolute Gasteiger partial charge is 0.481 e. The number of rotatable bonds is 6. The summed E-state index contributed by atoms with van der Waals surface area (Å²) in [5, 5.41) is 11.6. The van der Waals surface area contributed by atoms with Crippen LogP contribution in [0.3, 0.4) is 0 Å². The van der Waals surface area contributed by atoms with E-state index in [4.69, 9.17) is 5.11 Å². The molecule has 5 heteroatoms. The van der Waals surface area contributed by atoms with Gasteiger partial charge in [0.15, 0.2) is 0 Å². The van der Waals surface area contributed by atoms with Gasteiger partial charge in [-0.3, -0.25) is 9.59 Å². The molecule has 1 unspecified atom stereocenters. The Morgan fingerprint density at radius 2 is 2.06 bits per heavy atom. The van der Waals surface area contributed by atoms with E-state index in [1.165, 1.54) is 11.8 Å². The van der Waals surface area contributed by atoms with Crippen molar-refractivity contribution in [1.82, 2.24) is 5.32 Å². The first-order valence-corrected chi connectivity index (χ1v) is 6.96. The molecule has 1 aromatic carbocycles. The summed E-state index contributed by atoms with van der Waals surface area (Å²) in [6.45, 7) is 1.95. The maximum atomic E-state index is 11.9. The van der Waals surface area contributed by atoms with Crippen LogP contribution in [0.5, 0.6) is 0 Å². The summed E-state index contributed by atoms with van der Waals surface area (Å²) in [6.07, 6.45) is 2.40. The smallest absolute Gasteiger partial charge is 0.308 e. The van der Waals surface area contributed by atoms with Gasteiger partial charge in [-0.2, -0.15) is 0 Å². The summed E-state index contributed by atoms with van der Waals surface area (Å²) >= 11 is 1.49. The molecule has 0 aliphatic rings. The predicted octanol–water partition coefficient (Wildman–Crippen LogP) is 2.25. The fraction of sp³-hybridized carbons (Fsp3) is 0.385. The van der Waals surface area contributed by atoms with Gasteiger partial charge in [0, 0.05) is 11.4 Å². The minimum Gasteiger partial charge on any atom is -0.481 e. The van der Waals surface area contributed by atoms with Crippen molar-refractivity contribution in [1.29, 1.82) is 0 Å². The first-order chi connectivity index (χ1) is 8.60. The van der Waals surface area contributed by atoms with Gasteiger partial charge < -0.3 is 10.4 Å². The first-order valence-electron chi connectivity index (χ1n) is 5.74. The molecule has 0 heterocycles. The molecular formula is C13H17NO3S. The summed E-state index contributed by atoms with van der Waals surface area (Å²) < 4.78 is 0. The van der Waals surface area contributed by atoms with E-state index in [2.05, 4.69) is 5.32 Å². The molecule has 98 valence electrons. The zero-order valence-corrected chi connectivity index (χ0v) is 11.3. The van der Waals surface area contributed by atoms with E-state index in [1.54, 1.807) is 19.1 Å². The van der Waals surface area contributed by atoms with E-state index in [0.29, 0.717) is 12.0 Å². The Kier molecular flexibility index (Phi) is 5.71. The number of hydrogen-bond donors (Lipinski definition) is 2. The molecule has 0 aliphatic heterocycles. The van der Waals surface area contributed by atoms with E-state index >= 15 is 0 Å². The van der Waals surface area contributed by atoms with Crippen LogP contribution in [0, 0.1) is 5.92 Å². The van der Waals surface area contributed by atoms with Gasteiger partial charge in [-0.05, 0) is 24.8 Å². The van der Waals surface area contributed by atoms with E-state index in [9.17, 15) is 9.59 Å². The SMILES string of the molecule is CCC(CNC(=O)c1ccccc1SC)C(=O)O. The fourth-order valence-corrected chi connectivity index (χ4v) is 2.14. The first kappa shape index (κ1) is 14.6. The van der Waals surface area contributed by atoms with E-state index in [0.717, 1.165) is 4.90 Å². The minimum atomic E-state index is -0.879. The molecule has 2 N–H and O–H groups in total. The van der Waals surface area contributed by atoms with Crippen molar-refractivity contribution in [2.75, 3.05) is 12.8 Å². The van der Waals surface area contributed by atoms with Crippen LogP contribution in [-0.2, 0) is 4.79 Å². The summed E-state index contributed by atoms with van der Waals surface area (Å²) in [4.78, 5) is 23.7. The summed E-state index contributed by atoms with van der Waals surface area (Å²) in [6, 6.07) is 7.27. The Balaban J connectivity index is 2.68. The van der Waals surface area contributed by atoms with Gasteiger partial charge in [-0.1, -0.05) is 19.1 Å². The zero-order chi connectivity index (χ0) is 13.5. The van der Waals surface area contributed by atoms with Crippen molar-refractivity contribution in [3.05, 3.63) is 29.8 Å². The van der Waals surface area contributed by atoms with E-state index < -0.39 is 11.9 Å². The lowest BCUT2D eigenvalue weighted by atomic mass is 10.1. The molecule has 1 amide bonds. The number of carbonyl (C=O) groups is 2. The maximum Gasteiger partial charge on any atom is 0.308 e. The Labute approximate surface area is 111 Å². The highest BCUT2D eigenvalue weighted by Crippen LogP contribution is 2.19. The third-order valence-corrected chi connectivity index (χ3v) is 3.50. The van der Waals surface area contributed by atoms with Crippen molar-refractivity contribution in [2.45, 2.75) is 18.2 Å². The van der Waals surface area contributed by atoms with Gasteiger partial charge in [-0.15, -0.1) is 11.8 Å². The van der Waals surface area contributed by atoms with Gasteiger partial charge in [0.1, 0.15) is 0 Å².